The zero-order valence-corrected chi connectivity index (χ0v) is 19.7. The molecule has 2 unspecified atom stereocenters. The number of carbonyl (C=O) groups is 3. The van der Waals surface area contributed by atoms with Gasteiger partial charge in [-0.25, -0.2) is 0 Å². The highest BCUT2D eigenvalue weighted by Gasteiger charge is 2.50. The van der Waals surface area contributed by atoms with Gasteiger partial charge < -0.3 is 18.9 Å². The molecule has 11 nitrogen and oxygen atoms in total. The second-order valence-corrected chi connectivity index (χ2v) is 8.59. The zero-order chi connectivity index (χ0) is 23.8. The molecule has 0 aliphatic carbocycles. The fourth-order valence-corrected chi connectivity index (χ4v) is 4.73. The number of nitrogens with zero attached hydrogens (tertiary/aromatic N) is 4. The van der Waals surface area contributed by atoms with Gasteiger partial charge in [-0.3, -0.25) is 14.4 Å². The summed E-state index contributed by atoms with van der Waals surface area (Å²) < 4.78 is 22.3. The number of azide groups is 1. The van der Waals surface area contributed by atoms with E-state index in [4.69, 9.17) is 29.7 Å². The lowest BCUT2D eigenvalue weighted by Crippen LogP contribution is -2.59. The third-order valence-corrected chi connectivity index (χ3v) is 5.96. The molecule has 1 aliphatic rings. The monoisotopic (exact) mass is 526 g/mol. The van der Waals surface area contributed by atoms with Crippen LogP contribution < -0.4 is 0 Å². The smallest absolute Gasteiger partial charge is 0.303 e. The Morgan fingerprint density at radius 2 is 1.88 bits per heavy atom. The average molecular weight is 527 g/mol. The second kappa shape index (κ2) is 11.7. The van der Waals surface area contributed by atoms with Crippen LogP contribution in [0.25, 0.3) is 10.4 Å². The number of hydrogen-bond donors (Lipinski definition) is 0. The summed E-state index contributed by atoms with van der Waals surface area (Å²) in [5.41, 5.74) is 8.61. The van der Waals surface area contributed by atoms with Crippen molar-refractivity contribution >= 4 is 45.6 Å². The number of esters is 3. The van der Waals surface area contributed by atoms with E-state index in [1.54, 1.807) is 18.2 Å². The van der Waals surface area contributed by atoms with Crippen LogP contribution >= 0.6 is 27.7 Å². The molecule has 170 valence electrons. The van der Waals surface area contributed by atoms with Crippen molar-refractivity contribution < 1.29 is 33.3 Å². The van der Waals surface area contributed by atoms with E-state index >= 15 is 0 Å². The van der Waals surface area contributed by atoms with Gasteiger partial charge in [-0.05, 0) is 39.7 Å². The fraction of sp³-hybridized carbons (Fsp3) is 0.474. The number of benzene rings is 1. The molecular weight excluding hydrogens is 508 g/mol. The summed E-state index contributed by atoms with van der Waals surface area (Å²) in [6.45, 7) is 3.26. The first-order valence-corrected chi connectivity index (χ1v) is 10.9. The molecule has 13 heteroatoms. The minimum absolute atomic E-state index is 0.286. The molecule has 1 heterocycles. The Balaban J connectivity index is 2.46. The number of hydrogen-bond acceptors (Lipinski definition) is 10. The van der Waals surface area contributed by atoms with E-state index in [-0.39, 0.29) is 6.61 Å². The molecule has 32 heavy (non-hydrogen) atoms. The molecule has 0 radical (unpaired) electrons. The van der Waals surface area contributed by atoms with Crippen molar-refractivity contribution in [3.8, 4) is 6.07 Å². The van der Waals surface area contributed by atoms with Crippen molar-refractivity contribution in [1.29, 1.82) is 5.26 Å². The lowest BCUT2D eigenvalue weighted by Gasteiger charge is -2.43. The predicted molar refractivity (Wildman–Crippen MR) is 114 cm³/mol. The molecule has 0 amide bonds. The first-order chi connectivity index (χ1) is 15.2. The van der Waals surface area contributed by atoms with Gasteiger partial charge >= 0.3 is 17.9 Å². The van der Waals surface area contributed by atoms with Gasteiger partial charge in [0.05, 0.1) is 5.56 Å². The molecule has 5 atom stereocenters. The number of carbonyl (C=O) groups excluding carboxylic acids is 3. The van der Waals surface area contributed by atoms with Gasteiger partial charge in [0, 0.05) is 35.1 Å². The highest BCUT2D eigenvalue weighted by atomic mass is 79.9. The zero-order valence-electron chi connectivity index (χ0n) is 17.3. The summed E-state index contributed by atoms with van der Waals surface area (Å²) in [6.07, 6.45) is -3.29. The maximum absolute atomic E-state index is 11.8. The van der Waals surface area contributed by atoms with Crippen molar-refractivity contribution in [3.05, 3.63) is 38.7 Å². The highest BCUT2D eigenvalue weighted by molar-refractivity contribution is 9.10. The Morgan fingerprint density at radius 1 is 1.22 bits per heavy atom. The molecular formula is C19H19BrN4O7S. The van der Waals surface area contributed by atoms with Crippen LogP contribution in [0, 0.1) is 11.3 Å². The van der Waals surface area contributed by atoms with Gasteiger partial charge in [-0.1, -0.05) is 16.9 Å². The Hall–Kier alpha value is -2.78. The normalized spacial score (nSPS) is 24.4. The van der Waals surface area contributed by atoms with Crippen LogP contribution in [0.3, 0.4) is 0 Å². The number of rotatable bonds is 7. The average Bonchev–Trinajstić information content (AvgIpc) is 2.70. The molecule has 0 spiro atoms. The molecule has 0 N–H and O–H groups in total. The van der Waals surface area contributed by atoms with Crippen LogP contribution in [-0.4, -0.2) is 54.3 Å². The standard InChI is InChI=1S/C19H19BrN4O7S/c1-9(25)28-8-15-17(29-10(2)26)16(23-24-22)18(30-11(3)27)19(31-15)32-13-5-4-12(7-21)14(20)6-13/h4-6,15-19H,8H2,1-3H3/t15?,16-,17-,18?,19+/m0/s1. The van der Waals surface area contributed by atoms with E-state index < -0.39 is 47.7 Å². The number of halogens is 1. The largest absolute Gasteiger partial charge is 0.463 e. The van der Waals surface area contributed by atoms with Gasteiger partial charge in [0.2, 0.25) is 0 Å². The molecule has 0 bridgehead atoms. The van der Waals surface area contributed by atoms with Gasteiger partial charge in [0.25, 0.3) is 0 Å². The van der Waals surface area contributed by atoms with Crippen molar-refractivity contribution in [2.24, 2.45) is 5.11 Å². The summed E-state index contributed by atoms with van der Waals surface area (Å²) >= 11 is 4.44. The lowest BCUT2D eigenvalue weighted by molar-refractivity contribution is -0.201. The SMILES string of the molecule is CC(=O)OCC1O[C@H](Sc2ccc(C#N)c(Br)c2)C(OC(C)=O)[C@@H](N=[N+]=[N-])[C@H]1OC(C)=O. The summed E-state index contributed by atoms with van der Waals surface area (Å²) in [5, 5.41) is 12.8. The first-order valence-electron chi connectivity index (χ1n) is 9.20. The summed E-state index contributed by atoms with van der Waals surface area (Å²) in [4.78, 5) is 38.2. The third kappa shape index (κ3) is 6.86. The van der Waals surface area contributed by atoms with Crippen molar-refractivity contribution in [1.82, 2.24) is 0 Å². The molecule has 1 saturated heterocycles. The molecule has 1 fully saturated rings. The molecule has 0 aromatic heterocycles. The van der Waals surface area contributed by atoms with E-state index in [1.165, 1.54) is 13.8 Å². The molecule has 1 aromatic carbocycles. The van der Waals surface area contributed by atoms with Crippen LogP contribution in [0.2, 0.25) is 0 Å². The Morgan fingerprint density at radius 3 is 2.41 bits per heavy atom. The van der Waals surface area contributed by atoms with Crippen molar-refractivity contribution in [2.45, 2.75) is 55.5 Å². The van der Waals surface area contributed by atoms with Crippen LogP contribution in [0.15, 0.2) is 32.7 Å². The minimum Gasteiger partial charge on any atom is -0.463 e. The van der Waals surface area contributed by atoms with E-state index in [1.807, 2.05) is 6.07 Å². The van der Waals surface area contributed by atoms with E-state index in [0.29, 0.717) is 14.9 Å². The van der Waals surface area contributed by atoms with E-state index in [2.05, 4.69) is 26.0 Å². The minimum atomic E-state index is -1.17. The molecule has 2 rings (SSSR count). The summed E-state index contributed by atoms with van der Waals surface area (Å²) in [5.74, 6) is -1.94. The van der Waals surface area contributed by atoms with Crippen LogP contribution in [0.5, 0.6) is 0 Å². The quantitative estimate of drug-likeness (QED) is 0.170. The van der Waals surface area contributed by atoms with Gasteiger partial charge in [0.1, 0.15) is 42.5 Å². The molecule has 1 aliphatic heterocycles. The van der Waals surface area contributed by atoms with Gasteiger partial charge in [-0.2, -0.15) is 5.26 Å². The maximum atomic E-state index is 11.8. The maximum Gasteiger partial charge on any atom is 0.303 e. The second-order valence-electron chi connectivity index (χ2n) is 6.56. The number of thioether (sulfide) groups is 1. The van der Waals surface area contributed by atoms with E-state index in [9.17, 15) is 14.4 Å². The molecule has 1 aromatic rings. The highest BCUT2D eigenvalue weighted by Crippen LogP contribution is 2.38. The molecule has 0 saturated carbocycles. The van der Waals surface area contributed by atoms with Crippen molar-refractivity contribution in [2.75, 3.05) is 6.61 Å². The lowest BCUT2D eigenvalue weighted by atomic mass is 9.97. The third-order valence-electron chi connectivity index (χ3n) is 4.17. The first kappa shape index (κ1) is 25.5. The fourth-order valence-electron chi connectivity index (χ4n) is 2.96. The van der Waals surface area contributed by atoms with Crippen LogP contribution in [0.4, 0.5) is 0 Å². The van der Waals surface area contributed by atoms with Gasteiger partial charge in [-0.15, -0.1) is 0 Å². The Bertz CT molecular complexity index is 979. The summed E-state index contributed by atoms with van der Waals surface area (Å²) in [6, 6.07) is 5.83. The predicted octanol–water partition coefficient (Wildman–Crippen LogP) is 3.24. The topological polar surface area (TPSA) is 161 Å². The Labute approximate surface area is 196 Å². The van der Waals surface area contributed by atoms with Crippen LogP contribution in [-0.2, 0) is 33.3 Å². The van der Waals surface area contributed by atoms with E-state index in [0.717, 1.165) is 18.7 Å². The number of nitriles is 1. The van der Waals surface area contributed by atoms with Gasteiger partial charge in [0.15, 0.2) is 0 Å². The number of ether oxygens (including phenoxy) is 4. The Kier molecular flexibility index (Phi) is 9.34. The van der Waals surface area contributed by atoms with Crippen molar-refractivity contribution in [3.63, 3.8) is 0 Å². The summed E-state index contributed by atoms with van der Waals surface area (Å²) in [7, 11) is 0. The van der Waals surface area contributed by atoms with Crippen LogP contribution in [0.1, 0.15) is 26.3 Å².